The van der Waals surface area contributed by atoms with Crippen LogP contribution in [-0.4, -0.2) is 42.6 Å². The summed E-state index contributed by atoms with van der Waals surface area (Å²) in [4.78, 5) is 24.3. The fourth-order valence-electron chi connectivity index (χ4n) is 3.51. The summed E-state index contributed by atoms with van der Waals surface area (Å²) in [5.41, 5.74) is 4.31. The van der Waals surface area contributed by atoms with Crippen molar-refractivity contribution in [2.75, 3.05) is 21.3 Å². The normalized spacial score (nSPS) is 11.8. The number of rotatable bonds is 7. The highest BCUT2D eigenvalue weighted by Gasteiger charge is 2.20. The number of nitrogens with zero attached hydrogens (tertiary/aromatic N) is 2. The van der Waals surface area contributed by atoms with E-state index in [0.717, 1.165) is 23.0 Å². The molecular formula is C23H21N3O4. The Morgan fingerprint density at radius 1 is 1.00 bits per heavy atom. The molecule has 30 heavy (non-hydrogen) atoms. The highest BCUT2D eigenvalue weighted by Crippen LogP contribution is 2.41. The van der Waals surface area contributed by atoms with E-state index in [0.29, 0.717) is 34.1 Å². The van der Waals surface area contributed by atoms with Crippen LogP contribution in [0.25, 0.3) is 22.4 Å². The third-order valence-corrected chi connectivity index (χ3v) is 5.00. The van der Waals surface area contributed by atoms with E-state index in [4.69, 9.17) is 19.2 Å². The van der Waals surface area contributed by atoms with Crippen molar-refractivity contribution in [1.29, 1.82) is 0 Å². The topological polar surface area (TPSA) is 86.3 Å². The van der Waals surface area contributed by atoms with Crippen molar-refractivity contribution in [2.45, 2.75) is 5.92 Å². The van der Waals surface area contributed by atoms with E-state index in [9.17, 15) is 4.79 Å². The lowest BCUT2D eigenvalue weighted by atomic mass is 9.94. The minimum absolute atomic E-state index is 0.440. The van der Waals surface area contributed by atoms with Gasteiger partial charge in [-0.3, -0.25) is 0 Å². The molecule has 4 rings (SSSR count). The summed E-state index contributed by atoms with van der Waals surface area (Å²) in [6.45, 7) is 0. The van der Waals surface area contributed by atoms with E-state index in [-0.39, 0.29) is 0 Å². The van der Waals surface area contributed by atoms with Gasteiger partial charge < -0.3 is 24.0 Å². The average molecular weight is 403 g/mol. The van der Waals surface area contributed by atoms with E-state index < -0.39 is 5.92 Å². The first kappa shape index (κ1) is 19.4. The van der Waals surface area contributed by atoms with Gasteiger partial charge in [0.15, 0.2) is 17.1 Å². The predicted molar refractivity (Wildman–Crippen MR) is 113 cm³/mol. The number of hydrogen-bond donors (Lipinski definition) is 1. The Hall–Kier alpha value is -3.87. The van der Waals surface area contributed by atoms with Gasteiger partial charge in [0.05, 0.1) is 39.1 Å². The minimum atomic E-state index is -0.440. The number of carbonyl (C=O) groups is 1. The molecule has 0 amide bonds. The van der Waals surface area contributed by atoms with Crippen molar-refractivity contribution in [3.8, 4) is 28.5 Å². The number of hydrogen-bond acceptors (Lipinski definition) is 6. The summed E-state index contributed by atoms with van der Waals surface area (Å²) in [6.07, 6.45) is 4.38. The molecule has 2 aromatic carbocycles. The Labute approximate surface area is 173 Å². The molecule has 7 heteroatoms. The van der Waals surface area contributed by atoms with Gasteiger partial charge in [-0.1, -0.05) is 30.3 Å². The van der Waals surface area contributed by atoms with Crippen LogP contribution < -0.4 is 14.2 Å². The molecule has 0 bridgehead atoms. The van der Waals surface area contributed by atoms with E-state index >= 15 is 0 Å². The number of methoxy groups -OCH3 is 3. The zero-order valence-corrected chi connectivity index (χ0v) is 16.9. The van der Waals surface area contributed by atoms with Gasteiger partial charge in [0.1, 0.15) is 11.8 Å². The van der Waals surface area contributed by atoms with E-state index in [1.54, 1.807) is 33.7 Å². The smallest absolute Gasteiger partial charge is 0.203 e. The summed E-state index contributed by atoms with van der Waals surface area (Å²) in [6, 6.07) is 13.2. The van der Waals surface area contributed by atoms with Crippen molar-refractivity contribution in [2.24, 2.45) is 0 Å². The number of ether oxygens (including phenoxy) is 3. The molecule has 0 aliphatic rings. The molecule has 0 aliphatic carbocycles. The summed E-state index contributed by atoms with van der Waals surface area (Å²) in [5.74, 6) is 1.12. The Balaban J connectivity index is 1.85. The maximum Gasteiger partial charge on any atom is 0.203 e. The molecule has 0 radical (unpaired) electrons. The zero-order valence-electron chi connectivity index (χ0n) is 16.9. The molecule has 1 N–H and O–H groups in total. The van der Waals surface area contributed by atoms with Crippen LogP contribution in [0.15, 0.2) is 54.9 Å². The Kier molecular flexibility index (Phi) is 5.34. The highest BCUT2D eigenvalue weighted by molar-refractivity contribution is 5.84. The first-order valence-electron chi connectivity index (χ1n) is 9.34. The Morgan fingerprint density at radius 3 is 2.30 bits per heavy atom. The molecule has 0 saturated heterocycles. The largest absolute Gasteiger partial charge is 0.493 e. The quantitative estimate of drug-likeness (QED) is 0.470. The van der Waals surface area contributed by atoms with Crippen LogP contribution in [0.5, 0.6) is 17.2 Å². The first-order valence-corrected chi connectivity index (χ1v) is 9.34. The van der Waals surface area contributed by atoms with Crippen LogP contribution >= 0.6 is 0 Å². The molecule has 4 aromatic rings. The number of aldehydes is 1. The van der Waals surface area contributed by atoms with Crippen molar-refractivity contribution >= 4 is 17.5 Å². The maximum absolute atomic E-state index is 11.9. The molecule has 152 valence electrons. The van der Waals surface area contributed by atoms with Crippen LogP contribution in [0.1, 0.15) is 17.0 Å². The van der Waals surface area contributed by atoms with Crippen LogP contribution in [0.4, 0.5) is 0 Å². The molecule has 1 atom stereocenters. The van der Waals surface area contributed by atoms with Crippen LogP contribution in [0, 0.1) is 0 Å². The Morgan fingerprint density at radius 2 is 1.70 bits per heavy atom. The van der Waals surface area contributed by atoms with Gasteiger partial charge >= 0.3 is 0 Å². The van der Waals surface area contributed by atoms with Gasteiger partial charge in [-0.15, -0.1) is 0 Å². The van der Waals surface area contributed by atoms with Crippen LogP contribution in [0.3, 0.4) is 0 Å². The van der Waals surface area contributed by atoms with Crippen LogP contribution in [0.2, 0.25) is 0 Å². The second kappa shape index (κ2) is 8.24. The monoisotopic (exact) mass is 403 g/mol. The predicted octanol–water partition coefficient (Wildman–Crippen LogP) is 3.98. The van der Waals surface area contributed by atoms with Crippen molar-refractivity contribution in [3.63, 3.8) is 0 Å². The number of nitrogens with one attached hydrogen (secondary N) is 1. The number of carbonyl (C=O) groups excluding carboxylic acids is 1. The van der Waals surface area contributed by atoms with Crippen molar-refractivity contribution < 1.29 is 19.0 Å². The molecule has 1 unspecified atom stereocenters. The number of aromatic nitrogens is 3. The molecule has 7 nitrogen and oxygen atoms in total. The highest BCUT2D eigenvalue weighted by atomic mass is 16.5. The number of fused-ring (bicyclic) bond motifs is 1. The second-order valence-electron chi connectivity index (χ2n) is 6.63. The summed E-state index contributed by atoms with van der Waals surface area (Å²) < 4.78 is 16.3. The lowest BCUT2D eigenvalue weighted by molar-refractivity contribution is -0.108. The number of benzene rings is 2. The number of H-pyrrole nitrogens is 1. The maximum atomic E-state index is 11.9. The van der Waals surface area contributed by atoms with E-state index in [2.05, 4.69) is 9.97 Å². The fourth-order valence-corrected chi connectivity index (χ4v) is 3.51. The summed E-state index contributed by atoms with van der Waals surface area (Å²) in [7, 11) is 4.69. The minimum Gasteiger partial charge on any atom is -0.493 e. The van der Waals surface area contributed by atoms with Gasteiger partial charge in [-0.25, -0.2) is 9.97 Å². The van der Waals surface area contributed by atoms with Crippen molar-refractivity contribution in [1.82, 2.24) is 15.0 Å². The standard InChI is InChI=1S/C23H21N3O4/c1-28-19-9-15(10-20(29-2)22(19)30-3)18-12-25-23-21(26-18)16(11-24-23)17(13-27)14-7-5-4-6-8-14/h4-13,17H,1-3H3,(H,24,25). The molecule has 0 spiro atoms. The second-order valence-corrected chi connectivity index (χ2v) is 6.63. The van der Waals surface area contributed by atoms with E-state index in [1.807, 2.05) is 42.5 Å². The third-order valence-electron chi connectivity index (χ3n) is 5.00. The average Bonchev–Trinajstić information content (AvgIpc) is 3.22. The number of aromatic amines is 1. The lowest BCUT2D eigenvalue weighted by Gasteiger charge is -2.14. The van der Waals surface area contributed by atoms with Gasteiger partial charge in [0.25, 0.3) is 0 Å². The SMILES string of the molecule is COc1cc(-c2cnc3[nH]cc(C(C=O)c4ccccc4)c3n2)cc(OC)c1OC. The lowest BCUT2D eigenvalue weighted by Crippen LogP contribution is -2.02. The summed E-state index contributed by atoms with van der Waals surface area (Å²) in [5, 5.41) is 0. The molecule has 0 aliphatic heterocycles. The molecule has 2 heterocycles. The van der Waals surface area contributed by atoms with Gasteiger partial charge in [0.2, 0.25) is 5.75 Å². The molecule has 0 saturated carbocycles. The fraction of sp³-hybridized carbons (Fsp3) is 0.174. The van der Waals surface area contributed by atoms with E-state index in [1.165, 1.54) is 0 Å². The van der Waals surface area contributed by atoms with Gasteiger partial charge in [-0.2, -0.15) is 0 Å². The van der Waals surface area contributed by atoms with Crippen molar-refractivity contribution in [3.05, 3.63) is 66.0 Å². The Bertz CT molecular complexity index is 1160. The molecule has 2 aromatic heterocycles. The third kappa shape index (κ3) is 3.34. The van der Waals surface area contributed by atoms with Gasteiger partial charge in [0, 0.05) is 17.3 Å². The van der Waals surface area contributed by atoms with Gasteiger partial charge in [-0.05, 0) is 17.7 Å². The summed E-state index contributed by atoms with van der Waals surface area (Å²) >= 11 is 0. The molecular weight excluding hydrogens is 382 g/mol. The molecule has 0 fully saturated rings. The first-order chi connectivity index (χ1) is 14.7. The zero-order chi connectivity index (χ0) is 21.1. The van der Waals surface area contributed by atoms with Crippen LogP contribution in [-0.2, 0) is 4.79 Å².